The molecule has 7 heteroatoms. The first-order valence-electron chi connectivity index (χ1n) is 7.29. The lowest BCUT2D eigenvalue weighted by atomic mass is 10.1. The van der Waals surface area contributed by atoms with Gasteiger partial charge in [0.15, 0.2) is 0 Å². The van der Waals surface area contributed by atoms with Crippen LogP contribution in [0.4, 0.5) is 13.6 Å². The van der Waals surface area contributed by atoms with Gasteiger partial charge in [-0.2, -0.15) is 0 Å². The van der Waals surface area contributed by atoms with Gasteiger partial charge in [0.2, 0.25) is 5.91 Å². The summed E-state index contributed by atoms with van der Waals surface area (Å²) in [5, 5.41) is 4.82. The summed E-state index contributed by atoms with van der Waals surface area (Å²) in [7, 11) is 0. The molecule has 1 aromatic rings. The van der Waals surface area contributed by atoms with Crippen molar-refractivity contribution >= 4 is 11.9 Å². The third-order valence-corrected chi connectivity index (χ3v) is 3.56. The van der Waals surface area contributed by atoms with E-state index in [-0.39, 0.29) is 24.6 Å². The molecule has 0 radical (unpaired) electrons. The Morgan fingerprint density at radius 3 is 2.55 bits per heavy atom. The standard InChI is InChI=1S/C15H19F2N3O2/c16-12-4-5-13(17)11(8-12)9-18-15(22)19-10-14(21)20-6-2-1-3-7-20/h4-5,8H,1-3,6-7,9-10H2,(H2,18,19,22). The maximum Gasteiger partial charge on any atom is 0.315 e. The van der Waals surface area contributed by atoms with E-state index in [9.17, 15) is 18.4 Å². The van der Waals surface area contributed by atoms with Gasteiger partial charge in [0, 0.05) is 25.2 Å². The average Bonchev–Trinajstić information content (AvgIpc) is 2.54. The summed E-state index contributed by atoms with van der Waals surface area (Å²) in [6.07, 6.45) is 3.09. The topological polar surface area (TPSA) is 61.4 Å². The highest BCUT2D eigenvalue weighted by Gasteiger charge is 2.16. The molecule has 0 atom stereocenters. The zero-order valence-corrected chi connectivity index (χ0v) is 12.2. The summed E-state index contributed by atoms with van der Waals surface area (Å²) in [6.45, 7) is 1.19. The number of benzene rings is 1. The fraction of sp³-hybridized carbons (Fsp3) is 0.467. The maximum atomic E-state index is 13.4. The minimum atomic E-state index is -0.592. The van der Waals surface area contributed by atoms with Crippen LogP contribution in [0.2, 0.25) is 0 Å². The predicted octanol–water partition coefficient (Wildman–Crippen LogP) is 1.78. The van der Waals surface area contributed by atoms with Crippen molar-refractivity contribution in [2.45, 2.75) is 25.8 Å². The van der Waals surface area contributed by atoms with Gasteiger partial charge in [-0.25, -0.2) is 13.6 Å². The summed E-state index contributed by atoms with van der Waals surface area (Å²) >= 11 is 0. The minimum Gasteiger partial charge on any atom is -0.341 e. The Balaban J connectivity index is 1.73. The molecule has 0 unspecified atom stereocenters. The molecule has 1 fully saturated rings. The van der Waals surface area contributed by atoms with Crippen LogP contribution in [-0.4, -0.2) is 36.5 Å². The van der Waals surface area contributed by atoms with Gasteiger partial charge in [-0.3, -0.25) is 4.79 Å². The van der Waals surface area contributed by atoms with E-state index in [0.717, 1.165) is 50.6 Å². The molecule has 1 aromatic carbocycles. The van der Waals surface area contributed by atoms with Crippen LogP contribution in [-0.2, 0) is 11.3 Å². The van der Waals surface area contributed by atoms with Crippen molar-refractivity contribution in [3.05, 3.63) is 35.4 Å². The van der Waals surface area contributed by atoms with Gasteiger partial charge >= 0.3 is 6.03 Å². The third-order valence-electron chi connectivity index (χ3n) is 3.56. The van der Waals surface area contributed by atoms with Crippen molar-refractivity contribution in [2.75, 3.05) is 19.6 Å². The Hall–Kier alpha value is -2.18. The van der Waals surface area contributed by atoms with Crippen LogP contribution in [0.15, 0.2) is 18.2 Å². The number of piperidine rings is 1. The van der Waals surface area contributed by atoms with Crippen LogP contribution in [0.25, 0.3) is 0 Å². The van der Waals surface area contributed by atoms with Gasteiger partial charge in [0.1, 0.15) is 11.6 Å². The lowest BCUT2D eigenvalue weighted by Gasteiger charge is -2.26. The molecule has 0 aliphatic carbocycles. The number of urea groups is 1. The van der Waals surface area contributed by atoms with E-state index < -0.39 is 17.7 Å². The van der Waals surface area contributed by atoms with Crippen LogP contribution in [0.3, 0.4) is 0 Å². The number of hydrogen-bond donors (Lipinski definition) is 2. The molecule has 0 saturated carbocycles. The first-order chi connectivity index (χ1) is 10.6. The second kappa shape index (κ2) is 7.72. The molecular weight excluding hydrogens is 292 g/mol. The zero-order valence-electron chi connectivity index (χ0n) is 12.2. The number of rotatable bonds is 4. The molecule has 2 N–H and O–H groups in total. The van der Waals surface area contributed by atoms with Crippen molar-refractivity contribution in [3.8, 4) is 0 Å². The van der Waals surface area contributed by atoms with E-state index in [2.05, 4.69) is 10.6 Å². The smallest absolute Gasteiger partial charge is 0.315 e. The van der Waals surface area contributed by atoms with Crippen molar-refractivity contribution < 1.29 is 18.4 Å². The number of carbonyl (C=O) groups is 2. The maximum absolute atomic E-state index is 13.4. The van der Waals surface area contributed by atoms with Gasteiger partial charge < -0.3 is 15.5 Å². The molecular formula is C15H19F2N3O2. The molecule has 1 aliphatic heterocycles. The zero-order chi connectivity index (χ0) is 15.9. The molecule has 120 valence electrons. The lowest BCUT2D eigenvalue weighted by molar-refractivity contribution is -0.130. The van der Waals surface area contributed by atoms with Gasteiger partial charge in [0.25, 0.3) is 0 Å². The first-order valence-corrected chi connectivity index (χ1v) is 7.29. The van der Waals surface area contributed by atoms with E-state index in [4.69, 9.17) is 0 Å². The van der Waals surface area contributed by atoms with E-state index >= 15 is 0 Å². The number of halogens is 2. The van der Waals surface area contributed by atoms with E-state index in [1.165, 1.54) is 0 Å². The van der Waals surface area contributed by atoms with E-state index in [1.54, 1.807) is 4.90 Å². The van der Waals surface area contributed by atoms with Crippen LogP contribution in [0, 0.1) is 11.6 Å². The van der Waals surface area contributed by atoms with Crippen molar-refractivity contribution in [1.82, 2.24) is 15.5 Å². The number of nitrogens with zero attached hydrogens (tertiary/aromatic N) is 1. The molecule has 2 rings (SSSR count). The Kier molecular flexibility index (Phi) is 5.68. The minimum absolute atomic E-state index is 0.0532. The molecule has 1 saturated heterocycles. The summed E-state index contributed by atoms with van der Waals surface area (Å²) in [4.78, 5) is 25.2. The van der Waals surface area contributed by atoms with Crippen molar-refractivity contribution in [1.29, 1.82) is 0 Å². The highest BCUT2D eigenvalue weighted by Crippen LogP contribution is 2.09. The lowest BCUT2D eigenvalue weighted by Crippen LogP contribution is -2.45. The molecule has 0 bridgehead atoms. The van der Waals surface area contributed by atoms with E-state index in [0.29, 0.717) is 0 Å². The molecule has 1 aliphatic rings. The van der Waals surface area contributed by atoms with Crippen LogP contribution in [0.5, 0.6) is 0 Å². The summed E-state index contributed by atoms with van der Waals surface area (Å²) < 4.78 is 26.4. The SMILES string of the molecule is O=C(NCC(=O)N1CCCCC1)NCc1cc(F)ccc1F. The molecule has 3 amide bonds. The predicted molar refractivity (Wildman–Crippen MR) is 77.0 cm³/mol. The van der Waals surface area contributed by atoms with Gasteiger partial charge in [0.05, 0.1) is 6.54 Å². The number of likely N-dealkylation sites (tertiary alicyclic amines) is 1. The Bertz CT molecular complexity index is 546. The molecule has 0 aromatic heterocycles. The quantitative estimate of drug-likeness (QED) is 0.890. The second-order valence-corrected chi connectivity index (χ2v) is 5.21. The first kappa shape index (κ1) is 16.2. The number of hydrogen-bond acceptors (Lipinski definition) is 2. The second-order valence-electron chi connectivity index (χ2n) is 5.21. The molecule has 1 heterocycles. The molecule has 22 heavy (non-hydrogen) atoms. The van der Waals surface area contributed by atoms with Gasteiger partial charge in [-0.1, -0.05) is 0 Å². The Morgan fingerprint density at radius 2 is 1.82 bits per heavy atom. The summed E-state index contributed by atoms with van der Waals surface area (Å²) in [5.74, 6) is -1.29. The summed E-state index contributed by atoms with van der Waals surface area (Å²) in [5.41, 5.74) is 0.0532. The Labute approximate surface area is 127 Å². The normalized spacial score (nSPS) is 14.5. The Morgan fingerprint density at radius 1 is 1.09 bits per heavy atom. The van der Waals surface area contributed by atoms with Crippen LogP contribution in [0.1, 0.15) is 24.8 Å². The van der Waals surface area contributed by atoms with Crippen LogP contribution < -0.4 is 10.6 Å². The third kappa shape index (κ3) is 4.68. The fourth-order valence-corrected chi connectivity index (χ4v) is 2.33. The fourth-order valence-electron chi connectivity index (χ4n) is 2.33. The van der Waals surface area contributed by atoms with Crippen molar-refractivity contribution in [3.63, 3.8) is 0 Å². The molecule has 0 spiro atoms. The number of nitrogens with one attached hydrogen (secondary N) is 2. The number of amides is 3. The highest BCUT2D eigenvalue weighted by atomic mass is 19.1. The average molecular weight is 311 g/mol. The molecule has 5 nitrogen and oxygen atoms in total. The highest BCUT2D eigenvalue weighted by molar-refractivity contribution is 5.84. The summed E-state index contributed by atoms with van der Waals surface area (Å²) in [6, 6.07) is 2.45. The van der Waals surface area contributed by atoms with Gasteiger partial charge in [-0.05, 0) is 37.5 Å². The monoisotopic (exact) mass is 311 g/mol. The number of carbonyl (C=O) groups excluding carboxylic acids is 2. The van der Waals surface area contributed by atoms with E-state index in [1.807, 2.05) is 0 Å². The largest absolute Gasteiger partial charge is 0.341 e. The van der Waals surface area contributed by atoms with Gasteiger partial charge in [-0.15, -0.1) is 0 Å². The van der Waals surface area contributed by atoms with Crippen LogP contribution >= 0.6 is 0 Å². The van der Waals surface area contributed by atoms with Crippen molar-refractivity contribution in [2.24, 2.45) is 0 Å².